The van der Waals surface area contributed by atoms with E-state index in [0.717, 1.165) is 5.76 Å². The number of carbonyl (C=O) groups is 2. The number of nitrogens with one attached hydrogen (secondary N) is 1. The first kappa shape index (κ1) is 14.6. The van der Waals surface area contributed by atoms with Gasteiger partial charge in [0.2, 0.25) is 5.91 Å². The van der Waals surface area contributed by atoms with Crippen LogP contribution < -0.4 is 5.32 Å². The zero-order chi connectivity index (χ0) is 14.7. The van der Waals surface area contributed by atoms with Crippen LogP contribution in [0.2, 0.25) is 0 Å². The third-order valence-corrected chi connectivity index (χ3v) is 3.52. The molecule has 1 fully saturated rings. The molecule has 0 saturated carbocycles. The lowest BCUT2D eigenvalue weighted by atomic mass is 10.2. The number of nitrogens with zero attached hydrogens (tertiary/aromatic N) is 2. The van der Waals surface area contributed by atoms with E-state index in [0.29, 0.717) is 44.0 Å². The Bertz CT molecular complexity index is 502. The first-order valence-electron chi connectivity index (χ1n) is 6.81. The molecule has 0 aromatic carbocycles. The van der Waals surface area contributed by atoms with Crippen LogP contribution in [0.25, 0.3) is 0 Å². The molecule has 0 aliphatic carbocycles. The van der Waals surface area contributed by atoms with Gasteiger partial charge in [-0.05, 0) is 27.0 Å². The van der Waals surface area contributed by atoms with E-state index < -0.39 is 0 Å². The molecule has 0 unspecified atom stereocenters. The number of hydrogen-bond acceptors (Lipinski definition) is 4. The van der Waals surface area contributed by atoms with Crippen molar-refractivity contribution in [3.63, 3.8) is 0 Å². The molecule has 20 heavy (non-hydrogen) atoms. The van der Waals surface area contributed by atoms with Gasteiger partial charge in [-0.1, -0.05) is 0 Å². The van der Waals surface area contributed by atoms with Crippen LogP contribution in [0.5, 0.6) is 0 Å². The molecule has 1 saturated heterocycles. The van der Waals surface area contributed by atoms with Crippen molar-refractivity contribution in [1.29, 1.82) is 0 Å². The van der Waals surface area contributed by atoms with Gasteiger partial charge in [0, 0.05) is 26.2 Å². The number of rotatable bonds is 3. The molecule has 2 amide bonds. The number of furan rings is 1. The Kier molecular flexibility index (Phi) is 4.44. The summed E-state index contributed by atoms with van der Waals surface area (Å²) in [6, 6.07) is 1.77. The molecule has 6 nitrogen and oxygen atoms in total. The molecule has 1 N–H and O–H groups in total. The van der Waals surface area contributed by atoms with E-state index in [9.17, 15) is 9.59 Å². The smallest absolute Gasteiger partial charge is 0.257 e. The molecule has 6 heteroatoms. The molecule has 0 radical (unpaired) electrons. The molecule has 0 spiro atoms. The highest BCUT2D eigenvalue weighted by Gasteiger charge is 2.26. The van der Waals surface area contributed by atoms with E-state index in [-0.39, 0.29) is 11.8 Å². The van der Waals surface area contributed by atoms with Crippen molar-refractivity contribution in [2.45, 2.75) is 13.8 Å². The maximum atomic E-state index is 12.4. The molecule has 2 heterocycles. The van der Waals surface area contributed by atoms with Crippen LogP contribution in [-0.4, -0.2) is 61.4 Å². The second-order valence-corrected chi connectivity index (χ2v) is 5.03. The van der Waals surface area contributed by atoms with Crippen LogP contribution in [0.4, 0.5) is 0 Å². The Hall–Kier alpha value is -1.82. The molecule has 2 rings (SSSR count). The van der Waals surface area contributed by atoms with Crippen molar-refractivity contribution in [3.8, 4) is 0 Å². The second kappa shape index (κ2) is 6.09. The highest BCUT2D eigenvalue weighted by Crippen LogP contribution is 2.17. The first-order valence-corrected chi connectivity index (χ1v) is 6.81. The average molecular weight is 279 g/mol. The van der Waals surface area contributed by atoms with Crippen molar-refractivity contribution < 1.29 is 14.0 Å². The Morgan fingerprint density at radius 3 is 2.30 bits per heavy atom. The van der Waals surface area contributed by atoms with Crippen LogP contribution in [0.1, 0.15) is 21.9 Å². The third kappa shape index (κ3) is 3.01. The molecule has 0 atom stereocenters. The minimum absolute atomic E-state index is 0.0138. The van der Waals surface area contributed by atoms with E-state index in [1.165, 1.54) is 0 Å². The Labute approximate surface area is 118 Å². The van der Waals surface area contributed by atoms with Gasteiger partial charge in [-0.2, -0.15) is 0 Å². The van der Waals surface area contributed by atoms with Gasteiger partial charge < -0.3 is 19.5 Å². The summed E-state index contributed by atoms with van der Waals surface area (Å²) in [6.07, 6.45) is 0. The molecule has 1 aliphatic rings. The van der Waals surface area contributed by atoms with Crippen LogP contribution in [0.15, 0.2) is 10.5 Å². The van der Waals surface area contributed by atoms with Crippen molar-refractivity contribution >= 4 is 11.8 Å². The van der Waals surface area contributed by atoms with Gasteiger partial charge in [0.15, 0.2) is 0 Å². The number of carbonyl (C=O) groups excluding carboxylic acids is 2. The zero-order valence-corrected chi connectivity index (χ0v) is 12.2. The maximum absolute atomic E-state index is 12.4. The van der Waals surface area contributed by atoms with Crippen molar-refractivity contribution in [3.05, 3.63) is 23.2 Å². The van der Waals surface area contributed by atoms with Crippen molar-refractivity contribution in [1.82, 2.24) is 15.1 Å². The third-order valence-electron chi connectivity index (χ3n) is 3.52. The number of piperazine rings is 1. The first-order chi connectivity index (χ1) is 9.52. The minimum atomic E-state index is -0.0138. The molecular weight excluding hydrogens is 258 g/mol. The molecule has 1 aliphatic heterocycles. The van der Waals surface area contributed by atoms with E-state index in [1.807, 2.05) is 6.92 Å². The summed E-state index contributed by atoms with van der Waals surface area (Å²) in [5.74, 6) is 1.46. The van der Waals surface area contributed by atoms with E-state index in [1.54, 1.807) is 29.8 Å². The fraction of sp³-hybridized carbons (Fsp3) is 0.571. The number of likely N-dealkylation sites (N-methyl/N-ethyl adjacent to an activating group) is 1. The predicted molar refractivity (Wildman–Crippen MR) is 74.6 cm³/mol. The monoisotopic (exact) mass is 279 g/mol. The van der Waals surface area contributed by atoms with Crippen LogP contribution in [-0.2, 0) is 4.79 Å². The summed E-state index contributed by atoms with van der Waals surface area (Å²) >= 11 is 0. The normalized spacial score (nSPS) is 15.6. The van der Waals surface area contributed by atoms with Gasteiger partial charge in [-0.25, -0.2) is 0 Å². The number of hydrogen-bond donors (Lipinski definition) is 1. The lowest BCUT2D eigenvalue weighted by Gasteiger charge is -2.34. The fourth-order valence-corrected chi connectivity index (χ4v) is 2.44. The van der Waals surface area contributed by atoms with Crippen molar-refractivity contribution in [2.75, 3.05) is 39.8 Å². The number of amides is 2. The van der Waals surface area contributed by atoms with Gasteiger partial charge >= 0.3 is 0 Å². The highest BCUT2D eigenvalue weighted by molar-refractivity contribution is 5.95. The Balaban J connectivity index is 1.95. The summed E-state index contributed by atoms with van der Waals surface area (Å²) in [5.41, 5.74) is 0.623. The summed E-state index contributed by atoms with van der Waals surface area (Å²) in [7, 11) is 1.75. The lowest BCUT2D eigenvalue weighted by Crippen LogP contribution is -2.52. The van der Waals surface area contributed by atoms with Gasteiger partial charge in [-0.15, -0.1) is 0 Å². The quantitative estimate of drug-likeness (QED) is 0.870. The summed E-state index contributed by atoms with van der Waals surface area (Å²) < 4.78 is 5.40. The molecule has 1 aromatic rings. The Morgan fingerprint density at radius 2 is 1.80 bits per heavy atom. The largest absolute Gasteiger partial charge is 0.466 e. The zero-order valence-electron chi connectivity index (χ0n) is 12.2. The molecular formula is C14H21N3O3. The molecule has 110 valence electrons. The van der Waals surface area contributed by atoms with Gasteiger partial charge in [0.05, 0.1) is 12.1 Å². The summed E-state index contributed by atoms with van der Waals surface area (Å²) in [5, 5.41) is 2.85. The molecule has 1 aromatic heterocycles. The van der Waals surface area contributed by atoms with Crippen LogP contribution in [0, 0.1) is 13.8 Å². The van der Waals surface area contributed by atoms with Gasteiger partial charge in [0.25, 0.3) is 5.91 Å². The second-order valence-electron chi connectivity index (χ2n) is 5.03. The minimum Gasteiger partial charge on any atom is -0.466 e. The van der Waals surface area contributed by atoms with E-state index >= 15 is 0 Å². The standard InChI is InChI=1S/C14H21N3O3/c1-10-8-12(11(2)20-10)14(19)17-6-4-16(5-7-17)13(18)9-15-3/h8,15H,4-7,9H2,1-3H3. The van der Waals surface area contributed by atoms with E-state index in [4.69, 9.17) is 4.42 Å². The Morgan fingerprint density at radius 1 is 1.20 bits per heavy atom. The van der Waals surface area contributed by atoms with Gasteiger partial charge in [0.1, 0.15) is 11.5 Å². The average Bonchev–Trinajstić information content (AvgIpc) is 2.77. The lowest BCUT2D eigenvalue weighted by molar-refractivity contribution is -0.131. The summed E-state index contributed by atoms with van der Waals surface area (Å²) in [6.45, 7) is 6.28. The maximum Gasteiger partial charge on any atom is 0.257 e. The fourth-order valence-electron chi connectivity index (χ4n) is 2.44. The van der Waals surface area contributed by atoms with Crippen LogP contribution in [0.3, 0.4) is 0 Å². The summed E-state index contributed by atoms with van der Waals surface area (Å²) in [4.78, 5) is 27.7. The number of aryl methyl sites for hydroxylation is 2. The molecule has 0 bridgehead atoms. The predicted octanol–water partition coefficient (Wildman–Crippen LogP) is 0.400. The SMILES string of the molecule is CNCC(=O)N1CCN(C(=O)c2cc(C)oc2C)CC1. The highest BCUT2D eigenvalue weighted by atomic mass is 16.3. The van der Waals surface area contributed by atoms with Crippen molar-refractivity contribution in [2.24, 2.45) is 0 Å². The topological polar surface area (TPSA) is 65.8 Å². The van der Waals surface area contributed by atoms with Gasteiger partial charge in [-0.3, -0.25) is 9.59 Å². The van der Waals surface area contributed by atoms with E-state index in [2.05, 4.69) is 5.32 Å². The van der Waals surface area contributed by atoms with Crippen LogP contribution >= 0.6 is 0 Å².